The highest BCUT2D eigenvalue weighted by Gasteiger charge is 2.23. The first-order valence-corrected chi connectivity index (χ1v) is 8.78. The predicted molar refractivity (Wildman–Crippen MR) is 95.2 cm³/mol. The van der Waals surface area contributed by atoms with Crippen LogP contribution >= 0.6 is 0 Å². The number of aromatic nitrogens is 1. The summed E-state index contributed by atoms with van der Waals surface area (Å²) in [5.74, 6) is 0. The van der Waals surface area contributed by atoms with Crippen LogP contribution in [0, 0.1) is 6.92 Å². The lowest BCUT2D eigenvalue weighted by molar-refractivity contribution is -0.736. The average molecular weight is 296 g/mol. The van der Waals surface area contributed by atoms with Gasteiger partial charge in [0.05, 0.1) is 0 Å². The second-order valence-corrected chi connectivity index (χ2v) is 6.14. The molecule has 0 aliphatic heterocycles. The van der Waals surface area contributed by atoms with Crippen LogP contribution in [0.4, 0.5) is 0 Å². The Hall–Kier alpha value is -1.63. The van der Waals surface area contributed by atoms with E-state index >= 15 is 0 Å². The zero-order valence-corrected chi connectivity index (χ0v) is 14.8. The van der Waals surface area contributed by atoms with E-state index in [-0.39, 0.29) is 0 Å². The first-order valence-electron chi connectivity index (χ1n) is 8.78. The van der Waals surface area contributed by atoms with Crippen LogP contribution in [0.5, 0.6) is 0 Å². The van der Waals surface area contributed by atoms with Crippen LogP contribution in [0.15, 0.2) is 36.4 Å². The van der Waals surface area contributed by atoms with E-state index < -0.39 is 0 Å². The van der Waals surface area contributed by atoms with E-state index in [2.05, 4.69) is 75.6 Å². The van der Waals surface area contributed by atoms with Gasteiger partial charge in [0, 0.05) is 37.8 Å². The Bertz CT molecular complexity index is 581. The summed E-state index contributed by atoms with van der Waals surface area (Å²) >= 11 is 0. The SMILES string of the molecule is CCc1cc(-c2ccc(C)cc2)cc(CC)[n+]1C(CC)CC. The molecule has 0 saturated heterocycles. The minimum absolute atomic E-state index is 0.622. The molecule has 1 heterocycles. The zero-order chi connectivity index (χ0) is 16.1. The van der Waals surface area contributed by atoms with Crippen LogP contribution < -0.4 is 4.57 Å². The molecule has 22 heavy (non-hydrogen) atoms. The van der Waals surface area contributed by atoms with Crippen molar-refractivity contribution in [3.05, 3.63) is 53.3 Å². The highest BCUT2D eigenvalue weighted by Crippen LogP contribution is 2.23. The largest absolute Gasteiger partial charge is 0.197 e. The third kappa shape index (κ3) is 3.40. The summed E-state index contributed by atoms with van der Waals surface area (Å²) in [6.45, 7) is 11.3. The Morgan fingerprint density at radius 3 is 1.68 bits per heavy atom. The zero-order valence-electron chi connectivity index (χ0n) is 14.8. The summed E-state index contributed by atoms with van der Waals surface area (Å²) < 4.78 is 2.59. The average Bonchev–Trinajstić information content (AvgIpc) is 2.56. The Balaban J connectivity index is 2.57. The number of nitrogens with zero attached hydrogens (tertiary/aromatic N) is 1. The smallest absolute Gasteiger partial charge is 0.182 e. The maximum Gasteiger partial charge on any atom is 0.182 e. The molecule has 0 atom stereocenters. The molecule has 0 aliphatic rings. The van der Waals surface area contributed by atoms with Crippen molar-refractivity contribution in [2.45, 2.75) is 66.3 Å². The van der Waals surface area contributed by atoms with E-state index in [1.54, 1.807) is 0 Å². The molecule has 1 aromatic heterocycles. The first kappa shape index (κ1) is 16.7. The summed E-state index contributed by atoms with van der Waals surface area (Å²) in [5, 5.41) is 0. The van der Waals surface area contributed by atoms with E-state index in [0.717, 1.165) is 12.8 Å². The van der Waals surface area contributed by atoms with Crippen LogP contribution in [0.1, 0.15) is 63.5 Å². The Morgan fingerprint density at radius 1 is 0.773 bits per heavy atom. The molecule has 0 N–H and O–H groups in total. The molecule has 0 spiro atoms. The summed E-state index contributed by atoms with van der Waals surface area (Å²) in [4.78, 5) is 0. The van der Waals surface area contributed by atoms with E-state index in [4.69, 9.17) is 0 Å². The van der Waals surface area contributed by atoms with Crippen LogP contribution in [-0.2, 0) is 12.8 Å². The number of hydrogen-bond donors (Lipinski definition) is 0. The summed E-state index contributed by atoms with van der Waals surface area (Å²) in [6.07, 6.45) is 4.57. The maximum absolute atomic E-state index is 2.59. The summed E-state index contributed by atoms with van der Waals surface area (Å²) in [7, 11) is 0. The van der Waals surface area contributed by atoms with Crippen molar-refractivity contribution in [3.8, 4) is 11.1 Å². The lowest BCUT2D eigenvalue weighted by atomic mass is 10.00. The van der Waals surface area contributed by atoms with Crippen molar-refractivity contribution in [1.82, 2.24) is 0 Å². The van der Waals surface area contributed by atoms with Gasteiger partial charge < -0.3 is 0 Å². The van der Waals surface area contributed by atoms with E-state index in [9.17, 15) is 0 Å². The van der Waals surface area contributed by atoms with Crippen molar-refractivity contribution in [3.63, 3.8) is 0 Å². The van der Waals surface area contributed by atoms with Crippen LogP contribution in [0.3, 0.4) is 0 Å². The van der Waals surface area contributed by atoms with Crippen molar-refractivity contribution < 1.29 is 4.57 Å². The number of hydrogen-bond acceptors (Lipinski definition) is 0. The normalized spacial score (nSPS) is 11.2. The number of benzene rings is 1. The molecular weight excluding hydrogens is 266 g/mol. The fourth-order valence-corrected chi connectivity index (χ4v) is 3.30. The van der Waals surface area contributed by atoms with Crippen molar-refractivity contribution >= 4 is 0 Å². The second kappa shape index (κ2) is 7.58. The van der Waals surface area contributed by atoms with Crippen molar-refractivity contribution in [1.29, 1.82) is 0 Å². The topological polar surface area (TPSA) is 3.88 Å². The number of pyridine rings is 1. The van der Waals surface area contributed by atoms with Gasteiger partial charge >= 0.3 is 0 Å². The molecule has 0 fully saturated rings. The number of aryl methyl sites for hydroxylation is 3. The number of rotatable bonds is 6. The minimum Gasteiger partial charge on any atom is -0.197 e. The standard InChI is InChI=1S/C21H30N/c1-6-19(7-2)22-20(8-3)14-18(15-21(22)9-4)17-12-10-16(5)11-13-17/h10-15,19H,6-9H2,1-5H3/q+1. The summed E-state index contributed by atoms with van der Waals surface area (Å²) in [6, 6.07) is 14.3. The van der Waals surface area contributed by atoms with Gasteiger partial charge in [0.1, 0.15) is 0 Å². The molecule has 2 aromatic rings. The molecule has 0 aliphatic carbocycles. The van der Waals surface area contributed by atoms with Gasteiger partial charge in [0.15, 0.2) is 17.4 Å². The molecular formula is C21H30N+. The van der Waals surface area contributed by atoms with Gasteiger partial charge in [-0.25, -0.2) is 0 Å². The van der Waals surface area contributed by atoms with Crippen LogP contribution in [0.25, 0.3) is 11.1 Å². The van der Waals surface area contributed by atoms with Crippen LogP contribution in [0.2, 0.25) is 0 Å². The van der Waals surface area contributed by atoms with Gasteiger partial charge in [-0.3, -0.25) is 0 Å². The summed E-state index contributed by atoms with van der Waals surface area (Å²) in [5.41, 5.74) is 6.92. The van der Waals surface area contributed by atoms with Gasteiger partial charge in [-0.1, -0.05) is 57.5 Å². The highest BCUT2D eigenvalue weighted by atomic mass is 15.0. The lowest BCUT2D eigenvalue weighted by Crippen LogP contribution is -2.46. The fourth-order valence-electron chi connectivity index (χ4n) is 3.30. The molecule has 0 unspecified atom stereocenters. The quantitative estimate of drug-likeness (QED) is 0.625. The molecule has 118 valence electrons. The van der Waals surface area contributed by atoms with E-state index in [1.807, 2.05) is 0 Å². The first-order chi connectivity index (χ1) is 10.6. The van der Waals surface area contributed by atoms with Gasteiger partial charge in [-0.15, -0.1) is 0 Å². The molecule has 1 heteroatoms. The van der Waals surface area contributed by atoms with Crippen molar-refractivity contribution in [2.24, 2.45) is 0 Å². The monoisotopic (exact) mass is 296 g/mol. The maximum atomic E-state index is 2.59. The third-order valence-electron chi connectivity index (χ3n) is 4.68. The second-order valence-electron chi connectivity index (χ2n) is 6.14. The van der Waals surface area contributed by atoms with E-state index in [1.165, 1.54) is 40.9 Å². The van der Waals surface area contributed by atoms with Gasteiger partial charge in [0.25, 0.3) is 0 Å². The van der Waals surface area contributed by atoms with Gasteiger partial charge in [-0.2, -0.15) is 4.57 Å². The minimum atomic E-state index is 0.622. The highest BCUT2D eigenvalue weighted by molar-refractivity contribution is 5.63. The molecule has 1 aromatic carbocycles. The van der Waals surface area contributed by atoms with Gasteiger partial charge in [0.2, 0.25) is 0 Å². The molecule has 1 nitrogen and oxygen atoms in total. The molecule has 0 bridgehead atoms. The van der Waals surface area contributed by atoms with Crippen LogP contribution in [-0.4, -0.2) is 0 Å². The predicted octanol–water partition coefficient (Wildman–Crippen LogP) is 5.44. The van der Waals surface area contributed by atoms with E-state index in [0.29, 0.717) is 6.04 Å². The van der Waals surface area contributed by atoms with Crippen molar-refractivity contribution in [2.75, 3.05) is 0 Å². The lowest BCUT2D eigenvalue weighted by Gasteiger charge is -2.16. The molecule has 2 rings (SSSR count). The fraction of sp³-hybridized carbons (Fsp3) is 0.476. The third-order valence-corrected chi connectivity index (χ3v) is 4.68. The Labute approximate surface area is 136 Å². The Kier molecular flexibility index (Phi) is 5.76. The van der Waals surface area contributed by atoms with Gasteiger partial charge in [-0.05, 0) is 18.1 Å². The molecule has 0 radical (unpaired) electrons. The Morgan fingerprint density at radius 2 is 1.27 bits per heavy atom. The molecule has 0 saturated carbocycles. The molecule has 0 amide bonds.